The van der Waals surface area contributed by atoms with Crippen LogP contribution in [0, 0.1) is 5.92 Å². The molecule has 1 aliphatic heterocycles. The number of benzene rings is 1. The van der Waals surface area contributed by atoms with Crippen molar-refractivity contribution in [3.63, 3.8) is 0 Å². The van der Waals surface area contributed by atoms with Crippen molar-refractivity contribution in [1.29, 1.82) is 0 Å². The van der Waals surface area contributed by atoms with Gasteiger partial charge >= 0.3 is 0 Å². The average Bonchev–Trinajstić information content (AvgIpc) is 2.80. The van der Waals surface area contributed by atoms with Gasteiger partial charge in [-0.25, -0.2) is 10.9 Å². The molecule has 0 bridgehead atoms. The molecule has 1 saturated heterocycles. The van der Waals surface area contributed by atoms with Crippen molar-refractivity contribution < 1.29 is 19.2 Å². The van der Waals surface area contributed by atoms with Crippen LogP contribution in [0.15, 0.2) is 30.3 Å². The van der Waals surface area contributed by atoms with Gasteiger partial charge in [0.2, 0.25) is 17.7 Å². The molecule has 0 aromatic heterocycles. The Morgan fingerprint density at radius 3 is 2.68 bits per heavy atom. The first-order valence-electron chi connectivity index (χ1n) is 11.3. The number of nitrogens with one attached hydrogen (secondary N) is 3. The lowest BCUT2D eigenvalue weighted by atomic mass is 9.94. The SMILES string of the molecule is CCCCCC[C@H](CC(=O)NOCc1ccccc1)C(=O)N1NCCC[C@H]1C(=O)NC. The summed E-state index contributed by atoms with van der Waals surface area (Å²) < 4.78 is 0. The predicted octanol–water partition coefficient (Wildman–Crippen LogP) is 2.45. The van der Waals surface area contributed by atoms with Crippen molar-refractivity contribution in [3.8, 4) is 0 Å². The molecule has 0 saturated carbocycles. The van der Waals surface area contributed by atoms with Crippen LogP contribution >= 0.6 is 0 Å². The molecule has 172 valence electrons. The second kappa shape index (κ2) is 13.8. The van der Waals surface area contributed by atoms with Crippen LogP contribution < -0.4 is 16.2 Å². The zero-order valence-corrected chi connectivity index (χ0v) is 18.7. The standard InChI is InChI=1S/C23H36N4O4/c1-3-4-5-9-13-19(16-21(28)26-31-17-18-11-7-6-8-12-18)23(30)27-20(22(29)24-2)14-10-15-25-27/h6-8,11-12,19-20,25H,3-5,9-10,13-17H2,1-2H3,(H,24,29)(H,26,28)/t19-,20+/m1/s1. The minimum atomic E-state index is -0.554. The number of carbonyl (C=O) groups is 3. The van der Waals surface area contributed by atoms with Gasteiger partial charge in [0.05, 0.1) is 6.61 Å². The fourth-order valence-electron chi connectivity index (χ4n) is 3.75. The van der Waals surface area contributed by atoms with Gasteiger partial charge in [0.1, 0.15) is 6.04 Å². The van der Waals surface area contributed by atoms with Crippen molar-refractivity contribution in [2.45, 2.75) is 70.9 Å². The molecule has 1 fully saturated rings. The summed E-state index contributed by atoms with van der Waals surface area (Å²) in [6.45, 7) is 3.02. The van der Waals surface area contributed by atoms with E-state index in [0.29, 0.717) is 19.4 Å². The van der Waals surface area contributed by atoms with Crippen LogP contribution in [0.4, 0.5) is 0 Å². The molecular weight excluding hydrogens is 396 g/mol. The van der Waals surface area contributed by atoms with Gasteiger partial charge in [-0.05, 0) is 24.8 Å². The van der Waals surface area contributed by atoms with Crippen molar-refractivity contribution in [2.75, 3.05) is 13.6 Å². The van der Waals surface area contributed by atoms with Crippen LogP contribution in [0.3, 0.4) is 0 Å². The highest BCUT2D eigenvalue weighted by atomic mass is 16.6. The number of carbonyl (C=O) groups excluding carboxylic acids is 3. The third kappa shape index (κ3) is 8.30. The zero-order chi connectivity index (χ0) is 22.5. The lowest BCUT2D eigenvalue weighted by Gasteiger charge is -2.37. The van der Waals surface area contributed by atoms with E-state index >= 15 is 0 Å². The number of hydrazine groups is 1. The quantitative estimate of drug-likeness (QED) is 0.348. The maximum Gasteiger partial charge on any atom is 0.244 e. The highest BCUT2D eigenvalue weighted by Crippen LogP contribution is 2.21. The summed E-state index contributed by atoms with van der Waals surface area (Å²) in [6.07, 6.45) is 6.11. The maximum atomic E-state index is 13.3. The number of likely N-dealkylation sites (N-methyl/N-ethyl adjacent to an activating group) is 1. The molecule has 8 nitrogen and oxygen atoms in total. The number of rotatable bonds is 12. The molecule has 31 heavy (non-hydrogen) atoms. The number of unbranched alkanes of at least 4 members (excludes halogenated alkanes) is 3. The number of hydrogen-bond acceptors (Lipinski definition) is 5. The topological polar surface area (TPSA) is 99.8 Å². The molecule has 0 spiro atoms. The van der Waals surface area contributed by atoms with E-state index in [2.05, 4.69) is 23.1 Å². The van der Waals surface area contributed by atoms with E-state index in [1.165, 1.54) is 5.01 Å². The lowest BCUT2D eigenvalue weighted by Crippen LogP contribution is -2.59. The minimum absolute atomic E-state index is 0.0262. The van der Waals surface area contributed by atoms with Crippen LogP contribution in [0.2, 0.25) is 0 Å². The largest absolute Gasteiger partial charge is 0.357 e. The van der Waals surface area contributed by atoms with E-state index in [4.69, 9.17) is 4.84 Å². The molecular formula is C23H36N4O4. The highest BCUT2D eigenvalue weighted by Gasteiger charge is 2.35. The molecule has 0 radical (unpaired) electrons. The molecule has 8 heteroatoms. The van der Waals surface area contributed by atoms with E-state index < -0.39 is 12.0 Å². The summed E-state index contributed by atoms with van der Waals surface area (Å²) in [6, 6.07) is 8.99. The first kappa shape index (κ1) is 24.8. The molecule has 3 N–H and O–H groups in total. The first-order valence-corrected chi connectivity index (χ1v) is 11.3. The Hall–Kier alpha value is -2.45. The number of amides is 3. The molecule has 1 aromatic carbocycles. The summed E-state index contributed by atoms with van der Waals surface area (Å²) in [5.74, 6) is -1.24. The second-order valence-electron chi connectivity index (χ2n) is 7.94. The van der Waals surface area contributed by atoms with E-state index in [1.54, 1.807) is 7.05 Å². The Morgan fingerprint density at radius 1 is 1.19 bits per heavy atom. The third-order valence-corrected chi connectivity index (χ3v) is 5.49. The first-order chi connectivity index (χ1) is 15.1. The Kier molecular flexibility index (Phi) is 11.0. The van der Waals surface area contributed by atoms with Gasteiger partial charge in [0.15, 0.2) is 0 Å². The van der Waals surface area contributed by atoms with Crippen LogP contribution in [0.1, 0.15) is 63.9 Å². The van der Waals surface area contributed by atoms with Gasteiger partial charge in [0.25, 0.3) is 0 Å². The normalized spacial score (nSPS) is 17.1. The summed E-state index contributed by atoms with van der Waals surface area (Å²) in [7, 11) is 1.57. The van der Waals surface area contributed by atoms with Gasteiger partial charge in [-0.15, -0.1) is 0 Å². The monoisotopic (exact) mass is 432 g/mol. The Balaban J connectivity index is 1.96. The van der Waals surface area contributed by atoms with Crippen LogP contribution in [0.25, 0.3) is 0 Å². The Bertz CT molecular complexity index is 698. The van der Waals surface area contributed by atoms with E-state index in [1.807, 2.05) is 30.3 Å². The molecule has 0 aliphatic carbocycles. The number of hydroxylamine groups is 1. The Morgan fingerprint density at radius 2 is 1.97 bits per heavy atom. The fraction of sp³-hybridized carbons (Fsp3) is 0.609. The van der Waals surface area contributed by atoms with E-state index in [0.717, 1.165) is 37.7 Å². The highest BCUT2D eigenvalue weighted by molar-refractivity contribution is 5.90. The molecule has 0 unspecified atom stereocenters. The third-order valence-electron chi connectivity index (χ3n) is 5.49. The number of nitrogens with zero attached hydrogens (tertiary/aromatic N) is 1. The minimum Gasteiger partial charge on any atom is -0.357 e. The summed E-state index contributed by atoms with van der Waals surface area (Å²) in [5.41, 5.74) is 6.47. The second-order valence-corrected chi connectivity index (χ2v) is 7.94. The van der Waals surface area contributed by atoms with Crippen molar-refractivity contribution >= 4 is 17.7 Å². The van der Waals surface area contributed by atoms with Crippen LogP contribution in [0.5, 0.6) is 0 Å². The van der Waals surface area contributed by atoms with Gasteiger partial charge in [-0.1, -0.05) is 62.9 Å². The van der Waals surface area contributed by atoms with Crippen molar-refractivity contribution in [3.05, 3.63) is 35.9 Å². The van der Waals surface area contributed by atoms with Crippen molar-refractivity contribution in [1.82, 2.24) is 21.2 Å². The summed E-state index contributed by atoms with van der Waals surface area (Å²) in [5, 5.41) is 4.07. The smallest absolute Gasteiger partial charge is 0.244 e. The molecule has 1 heterocycles. The lowest BCUT2D eigenvalue weighted by molar-refractivity contribution is -0.152. The summed E-state index contributed by atoms with van der Waals surface area (Å²) >= 11 is 0. The van der Waals surface area contributed by atoms with Gasteiger partial charge in [-0.3, -0.25) is 24.2 Å². The van der Waals surface area contributed by atoms with Gasteiger partial charge in [0, 0.05) is 25.9 Å². The molecule has 2 atom stereocenters. The number of hydrogen-bond donors (Lipinski definition) is 3. The Labute approximate surface area is 185 Å². The van der Waals surface area contributed by atoms with Gasteiger partial charge < -0.3 is 5.32 Å². The van der Waals surface area contributed by atoms with Crippen LogP contribution in [-0.2, 0) is 25.8 Å². The van der Waals surface area contributed by atoms with Crippen LogP contribution in [-0.4, -0.2) is 42.4 Å². The summed E-state index contributed by atoms with van der Waals surface area (Å²) in [4.78, 5) is 43.4. The molecule has 1 aliphatic rings. The fourth-order valence-corrected chi connectivity index (χ4v) is 3.75. The molecule has 3 amide bonds. The van der Waals surface area contributed by atoms with Gasteiger partial charge in [-0.2, -0.15) is 0 Å². The molecule has 2 rings (SSSR count). The van der Waals surface area contributed by atoms with E-state index in [9.17, 15) is 14.4 Å². The molecule has 1 aromatic rings. The maximum absolute atomic E-state index is 13.3. The zero-order valence-electron chi connectivity index (χ0n) is 18.7. The van der Waals surface area contributed by atoms with E-state index in [-0.39, 0.29) is 30.7 Å². The average molecular weight is 433 g/mol. The van der Waals surface area contributed by atoms with Crippen molar-refractivity contribution in [2.24, 2.45) is 5.92 Å². The predicted molar refractivity (Wildman–Crippen MR) is 118 cm³/mol.